The molecular formula is C17H12F3NO3S. The Morgan fingerprint density at radius 2 is 1.80 bits per heavy atom. The highest BCUT2D eigenvalue weighted by atomic mass is 32.2. The van der Waals surface area contributed by atoms with E-state index in [1.165, 1.54) is 28.8 Å². The molecule has 1 aliphatic heterocycles. The smallest absolute Gasteiger partial charge is 0.419 e. The number of halogens is 3. The van der Waals surface area contributed by atoms with Gasteiger partial charge in [-0.1, -0.05) is 24.3 Å². The van der Waals surface area contributed by atoms with Gasteiger partial charge < -0.3 is 4.74 Å². The number of para-hydroxylation sites is 2. The predicted octanol–water partition coefficient (Wildman–Crippen LogP) is 3.75. The van der Waals surface area contributed by atoms with E-state index in [4.69, 9.17) is 4.74 Å². The van der Waals surface area contributed by atoms with Crippen molar-refractivity contribution in [3.63, 3.8) is 0 Å². The molecule has 2 aromatic rings. The minimum atomic E-state index is -4.64. The summed E-state index contributed by atoms with van der Waals surface area (Å²) in [6.45, 7) is -0.456. The third kappa shape index (κ3) is 3.79. The van der Waals surface area contributed by atoms with Crippen LogP contribution in [0.25, 0.3) is 0 Å². The van der Waals surface area contributed by atoms with Gasteiger partial charge >= 0.3 is 12.1 Å². The van der Waals surface area contributed by atoms with Crippen molar-refractivity contribution < 1.29 is 27.5 Å². The summed E-state index contributed by atoms with van der Waals surface area (Å²) in [6.07, 6.45) is -4.64. The molecule has 0 spiro atoms. The molecule has 0 atom stereocenters. The van der Waals surface area contributed by atoms with Crippen LogP contribution >= 0.6 is 11.8 Å². The molecule has 0 bridgehead atoms. The molecule has 0 radical (unpaired) electrons. The first-order valence-corrected chi connectivity index (χ1v) is 8.24. The number of carbonyl (C=O) groups is 2. The second-order valence-electron chi connectivity index (χ2n) is 5.20. The second-order valence-corrected chi connectivity index (χ2v) is 6.22. The molecule has 0 fully saturated rings. The van der Waals surface area contributed by atoms with Crippen LogP contribution in [0.2, 0.25) is 0 Å². The van der Waals surface area contributed by atoms with Gasteiger partial charge in [-0.3, -0.25) is 9.69 Å². The molecule has 1 aliphatic rings. The molecule has 0 N–H and O–H groups in total. The summed E-state index contributed by atoms with van der Waals surface area (Å²) in [5.41, 5.74) is -0.492. The molecule has 1 heterocycles. The zero-order chi connectivity index (χ0) is 18.0. The predicted molar refractivity (Wildman–Crippen MR) is 86.6 cm³/mol. The highest BCUT2D eigenvalue weighted by molar-refractivity contribution is 8.00. The van der Waals surface area contributed by atoms with E-state index >= 15 is 0 Å². The first-order valence-electron chi connectivity index (χ1n) is 7.25. The van der Waals surface area contributed by atoms with Gasteiger partial charge in [0.05, 0.1) is 17.0 Å². The number of hydrogen-bond donors (Lipinski definition) is 0. The standard InChI is InChI=1S/C17H12F3NO3S/c18-17(19,20)11-5-1-3-7-13(11)24-16(23)9-21-12-6-2-4-8-14(12)25-10-15(21)22/h1-8H,9-10H2. The van der Waals surface area contributed by atoms with Gasteiger partial charge in [0.2, 0.25) is 5.91 Å². The molecule has 1 amide bonds. The normalized spacial score (nSPS) is 14.2. The third-order valence-electron chi connectivity index (χ3n) is 3.51. The molecular weight excluding hydrogens is 355 g/mol. The van der Waals surface area contributed by atoms with Gasteiger partial charge in [0.1, 0.15) is 12.3 Å². The lowest BCUT2D eigenvalue weighted by molar-refractivity contribution is -0.142. The van der Waals surface area contributed by atoms with E-state index in [2.05, 4.69) is 0 Å². The van der Waals surface area contributed by atoms with Crippen LogP contribution in [0.3, 0.4) is 0 Å². The van der Waals surface area contributed by atoms with Crippen LogP contribution < -0.4 is 9.64 Å². The van der Waals surface area contributed by atoms with E-state index in [-0.39, 0.29) is 11.7 Å². The number of amides is 1. The average molecular weight is 367 g/mol. The van der Waals surface area contributed by atoms with Gasteiger partial charge in [-0.2, -0.15) is 13.2 Å². The van der Waals surface area contributed by atoms with Crippen molar-refractivity contribution in [2.24, 2.45) is 0 Å². The summed E-state index contributed by atoms with van der Waals surface area (Å²) in [6, 6.07) is 11.5. The minimum absolute atomic E-state index is 0.156. The SMILES string of the molecule is O=C(CN1C(=O)CSc2ccccc21)Oc1ccccc1C(F)(F)F. The quantitative estimate of drug-likeness (QED) is 0.612. The van der Waals surface area contributed by atoms with E-state index in [0.717, 1.165) is 17.0 Å². The molecule has 4 nitrogen and oxygen atoms in total. The fraction of sp³-hybridized carbons (Fsp3) is 0.176. The van der Waals surface area contributed by atoms with E-state index in [1.807, 2.05) is 6.07 Å². The van der Waals surface area contributed by atoms with Crippen LogP contribution in [0.15, 0.2) is 53.4 Å². The average Bonchev–Trinajstić information content (AvgIpc) is 2.57. The lowest BCUT2D eigenvalue weighted by Gasteiger charge is -2.28. The summed E-state index contributed by atoms with van der Waals surface area (Å²) in [5, 5.41) is 0. The topological polar surface area (TPSA) is 46.6 Å². The Hall–Kier alpha value is -2.48. The third-order valence-corrected chi connectivity index (χ3v) is 4.56. The summed E-state index contributed by atoms with van der Waals surface area (Å²) >= 11 is 1.35. The first-order chi connectivity index (χ1) is 11.9. The van der Waals surface area contributed by atoms with Gasteiger partial charge in [-0.15, -0.1) is 11.8 Å². The number of esters is 1. The molecule has 3 rings (SSSR count). The molecule has 0 aliphatic carbocycles. The molecule has 8 heteroatoms. The molecule has 25 heavy (non-hydrogen) atoms. The van der Waals surface area contributed by atoms with Crippen LogP contribution in [0, 0.1) is 0 Å². The van der Waals surface area contributed by atoms with E-state index in [1.54, 1.807) is 18.2 Å². The number of nitrogens with zero attached hydrogens (tertiary/aromatic N) is 1. The number of fused-ring (bicyclic) bond motifs is 1. The summed E-state index contributed by atoms with van der Waals surface area (Å²) in [7, 11) is 0. The van der Waals surface area contributed by atoms with E-state index in [9.17, 15) is 22.8 Å². The molecule has 0 aromatic heterocycles. The Balaban J connectivity index is 1.79. The number of benzene rings is 2. The van der Waals surface area contributed by atoms with Crippen LogP contribution in [0.1, 0.15) is 5.56 Å². The van der Waals surface area contributed by atoms with Crippen molar-refractivity contribution in [3.05, 3.63) is 54.1 Å². The van der Waals surface area contributed by atoms with Crippen molar-refractivity contribution in [1.82, 2.24) is 0 Å². The molecule has 0 unspecified atom stereocenters. The van der Waals surface area contributed by atoms with Crippen LogP contribution in [-0.4, -0.2) is 24.2 Å². The van der Waals surface area contributed by atoms with Crippen molar-refractivity contribution in [1.29, 1.82) is 0 Å². The summed E-state index contributed by atoms with van der Waals surface area (Å²) < 4.78 is 43.8. The molecule has 130 valence electrons. The lowest BCUT2D eigenvalue weighted by atomic mass is 10.2. The maximum atomic E-state index is 13.0. The van der Waals surface area contributed by atoms with Gasteiger partial charge in [-0.05, 0) is 24.3 Å². The Morgan fingerprint density at radius 1 is 1.12 bits per heavy atom. The Bertz CT molecular complexity index is 823. The lowest BCUT2D eigenvalue weighted by Crippen LogP contribution is -2.40. The number of carbonyl (C=O) groups excluding carboxylic acids is 2. The maximum Gasteiger partial charge on any atom is 0.419 e. The number of alkyl halides is 3. The van der Waals surface area contributed by atoms with Crippen molar-refractivity contribution in [2.45, 2.75) is 11.1 Å². The highest BCUT2D eigenvalue weighted by Crippen LogP contribution is 2.37. The Kier molecular flexibility index (Phi) is 4.71. The number of thioether (sulfide) groups is 1. The Labute approximate surface area is 145 Å². The first kappa shape index (κ1) is 17.3. The zero-order valence-electron chi connectivity index (χ0n) is 12.7. The van der Waals surface area contributed by atoms with Gasteiger partial charge in [-0.25, -0.2) is 4.79 Å². The molecule has 0 saturated heterocycles. The highest BCUT2D eigenvalue weighted by Gasteiger charge is 2.35. The van der Waals surface area contributed by atoms with E-state index in [0.29, 0.717) is 5.69 Å². The zero-order valence-corrected chi connectivity index (χ0v) is 13.6. The van der Waals surface area contributed by atoms with Crippen molar-refractivity contribution in [3.8, 4) is 5.75 Å². The number of anilines is 1. The fourth-order valence-electron chi connectivity index (χ4n) is 2.40. The second kappa shape index (κ2) is 6.79. The number of hydrogen-bond acceptors (Lipinski definition) is 4. The molecule has 2 aromatic carbocycles. The van der Waals surface area contributed by atoms with E-state index < -0.39 is 30.0 Å². The maximum absolute atomic E-state index is 13.0. The fourth-order valence-corrected chi connectivity index (χ4v) is 3.34. The van der Waals surface area contributed by atoms with Crippen LogP contribution in [-0.2, 0) is 15.8 Å². The number of rotatable bonds is 3. The van der Waals surface area contributed by atoms with Crippen molar-refractivity contribution >= 4 is 29.3 Å². The largest absolute Gasteiger partial charge is 0.425 e. The Morgan fingerprint density at radius 3 is 2.56 bits per heavy atom. The minimum Gasteiger partial charge on any atom is -0.425 e. The number of ether oxygens (including phenoxy) is 1. The van der Waals surface area contributed by atoms with Crippen LogP contribution in [0.4, 0.5) is 18.9 Å². The monoisotopic (exact) mass is 367 g/mol. The molecule has 0 saturated carbocycles. The van der Waals surface area contributed by atoms with Crippen molar-refractivity contribution in [2.75, 3.05) is 17.2 Å². The van der Waals surface area contributed by atoms with Gasteiger partial charge in [0.25, 0.3) is 0 Å². The van der Waals surface area contributed by atoms with Gasteiger partial charge in [0.15, 0.2) is 0 Å². The van der Waals surface area contributed by atoms with Crippen LogP contribution in [0.5, 0.6) is 5.75 Å². The summed E-state index contributed by atoms with van der Waals surface area (Å²) in [5.74, 6) is -1.66. The summed E-state index contributed by atoms with van der Waals surface area (Å²) in [4.78, 5) is 26.3. The van der Waals surface area contributed by atoms with Gasteiger partial charge in [0, 0.05) is 4.90 Å².